The molecule has 1 aliphatic heterocycles. The highest BCUT2D eigenvalue weighted by Crippen LogP contribution is 2.31. The van der Waals surface area contributed by atoms with Crippen LogP contribution >= 0.6 is 0 Å². The van der Waals surface area contributed by atoms with Gasteiger partial charge in [0.1, 0.15) is 0 Å². The van der Waals surface area contributed by atoms with Gasteiger partial charge in [0.25, 0.3) is 0 Å². The topological polar surface area (TPSA) is 49.6 Å². The van der Waals surface area contributed by atoms with Crippen molar-refractivity contribution in [2.24, 2.45) is 17.6 Å². The van der Waals surface area contributed by atoms with Crippen LogP contribution in [-0.4, -0.2) is 55.0 Å². The molecule has 0 aromatic carbocycles. The number of carbonyl (C=O) groups excluding carboxylic acids is 1. The highest BCUT2D eigenvalue weighted by molar-refractivity contribution is 5.79. The molecule has 4 nitrogen and oxygen atoms in total. The van der Waals surface area contributed by atoms with Crippen molar-refractivity contribution in [2.75, 3.05) is 33.2 Å². The third-order valence-electron chi connectivity index (χ3n) is 5.52. The second-order valence-electron chi connectivity index (χ2n) is 6.91. The Hall–Kier alpha value is -0.610. The molecular weight excluding hydrogens is 262 g/mol. The third-order valence-corrected chi connectivity index (χ3v) is 5.52. The Bertz CT molecular complexity index is 326. The Kier molecular flexibility index (Phi) is 6.49. The Balaban J connectivity index is 1.87. The van der Waals surface area contributed by atoms with E-state index in [1.54, 1.807) is 0 Å². The molecule has 0 spiro atoms. The normalized spacial score (nSPS) is 28.5. The van der Waals surface area contributed by atoms with Crippen molar-refractivity contribution < 1.29 is 4.79 Å². The van der Waals surface area contributed by atoms with Crippen LogP contribution in [0.2, 0.25) is 0 Å². The maximum atomic E-state index is 12.8. The number of nitrogens with zero attached hydrogens (tertiary/aromatic N) is 2. The van der Waals surface area contributed by atoms with Gasteiger partial charge in [0, 0.05) is 32.1 Å². The van der Waals surface area contributed by atoms with E-state index in [9.17, 15) is 4.79 Å². The molecule has 2 atom stereocenters. The molecule has 122 valence electrons. The van der Waals surface area contributed by atoms with Gasteiger partial charge >= 0.3 is 0 Å². The fourth-order valence-corrected chi connectivity index (χ4v) is 4.10. The molecule has 2 unspecified atom stereocenters. The minimum Gasteiger partial charge on any atom is -0.342 e. The van der Waals surface area contributed by atoms with E-state index >= 15 is 0 Å². The SMILES string of the molecule is CCCN1CCC(N(C)C(=O)C2CCCCC2CN)CC1. The summed E-state index contributed by atoms with van der Waals surface area (Å²) < 4.78 is 0. The molecule has 0 aromatic heterocycles. The van der Waals surface area contributed by atoms with Crippen LogP contribution in [0, 0.1) is 11.8 Å². The smallest absolute Gasteiger partial charge is 0.226 e. The highest BCUT2D eigenvalue weighted by atomic mass is 16.2. The van der Waals surface area contributed by atoms with E-state index < -0.39 is 0 Å². The van der Waals surface area contributed by atoms with E-state index in [2.05, 4.69) is 16.7 Å². The van der Waals surface area contributed by atoms with E-state index in [4.69, 9.17) is 5.73 Å². The van der Waals surface area contributed by atoms with Crippen LogP contribution in [0.15, 0.2) is 0 Å². The predicted octanol–water partition coefficient (Wildman–Crippen LogP) is 2.08. The van der Waals surface area contributed by atoms with E-state index in [0.29, 0.717) is 24.4 Å². The maximum Gasteiger partial charge on any atom is 0.226 e. The Morgan fingerprint density at radius 1 is 1.19 bits per heavy atom. The van der Waals surface area contributed by atoms with Crippen molar-refractivity contribution in [3.05, 3.63) is 0 Å². The van der Waals surface area contributed by atoms with Crippen LogP contribution in [0.5, 0.6) is 0 Å². The number of likely N-dealkylation sites (tertiary alicyclic amines) is 1. The largest absolute Gasteiger partial charge is 0.342 e. The molecule has 1 amide bonds. The summed E-state index contributed by atoms with van der Waals surface area (Å²) in [5.41, 5.74) is 5.88. The summed E-state index contributed by atoms with van der Waals surface area (Å²) in [6.07, 6.45) is 8.08. The van der Waals surface area contributed by atoms with Gasteiger partial charge in [-0.05, 0) is 51.1 Å². The summed E-state index contributed by atoms with van der Waals surface area (Å²) >= 11 is 0. The van der Waals surface area contributed by atoms with Gasteiger partial charge in [-0.2, -0.15) is 0 Å². The number of nitrogens with two attached hydrogens (primary N) is 1. The Labute approximate surface area is 130 Å². The standard InChI is InChI=1S/C17H33N3O/c1-3-10-20-11-8-15(9-12-20)19(2)17(21)16-7-5-4-6-14(16)13-18/h14-16H,3-13,18H2,1-2H3. The van der Waals surface area contributed by atoms with Crippen LogP contribution < -0.4 is 5.73 Å². The third kappa shape index (κ3) is 4.19. The molecule has 21 heavy (non-hydrogen) atoms. The maximum absolute atomic E-state index is 12.8. The molecule has 2 rings (SSSR count). The highest BCUT2D eigenvalue weighted by Gasteiger charge is 2.34. The monoisotopic (exact) mass is 295 g/mol. The van der Waals surface area contributed by atoms with Crippen LogP contribution in [-0.2, 0) is 4.79 Å². The minimum atomic E-state index is 0.183. The molecule has 2 N–H and O–H groups in total. The summed E-state index contributed by atoms with van der Waals surface area (Å²) in [4.78, 5) is 17.4. The first-order chi connectivity index (χ1) is 10.2. The number of rotatable bonds is 5. The van der Waals surface area contributed by atoms with Crippen molar-refractivity contribution in [2.45, 2.75) is 57.9 Å². The number of carbonyl (C=O) groups is 1. The first-order valence-electron chi connectivity index (χ1n) is 8.86. The van der Waals surface area contributed by atoms with E-state index in [1.807, 2.05) is 7.05 Å². The number of hydrogen-bond acceptors (Lipinski definition) is 3. The molecule has 1 saturated heterocycles. The molecule has 4 heteroatoms. The molecule has 1 aliphatic carbocycles. The molecule has 2 aliphatic rings. The van der Waals surface area contributed by atoms with Gasteiger partial charge in [-0.25, -0.2) is 0 Å². The van der Waals surface area contributed by atoms with Crippen molar-refractivity contribution in [3.8, 4) is 0 Å². The first-order valence-corrected chi connectivity index (χ1v) is 8.86. The first kappa shape index (κ1) is 16.8. The number of hydrogen-bond donors (Lipinski definition) is 1. The van der Waals surface area contributed by atoms with Gasteiger partial charge in [-0.1, -0.05) is 19.8 Å². The summed E-state index contributed by atoms with van der Waals surface area (Å²) in [6, 6.07) is 0.436. The zero-order valence-corrected chi connectivity index (χ0v) is 13.9. The predicted molar refractivity (Wildman–Crippen MR) is 87.0 cm³/mol. The van der Waals surface area contributed by atoms with Gasteiger partial charge in [0.05, 0.1) is 0 Å². The van der Waals surface area contributed by atoms with Crippen molar-refractivity contribution >= 4 is 5.91 Å². The number of amides is 1. The number of piperidine rings is 1. The van der Waals surface area contributed by atoms with E-state index in [1.165, 1.54) is 25.8 Å². The van der Waals surface area contributed by atoms with Gasteiger partial charge in [-0.15, -0.1) is 0 Å². The van der Waals surface area contributed by atoms with Gasteiger partial charge in [-0.3, -0.25) is 4.79 Å². The molecule has 0 aromatic rings. The molecule has 0 radical (unpaired) electrons. The average molecular weight is 295 g/mol. The molecule has 1 saturated carbocycles. The lowest BCUT2D eigenvalue weighted by Gasteiger charge is -2.40. The zero-order valence-electron chi connectivity index (χ0n) is 13.9. The minimum absolute atomic E-state index is 0.183. The van der Waals surface area contributed by atoms with Crippen LogP contribution in [0.3, 0.4) is 0 Å². The molecule has 2 fully saturated rings. The van der Waals surface area contributed by atoms with Crippen molar-refractivity contribution in [1.29, 1.82) is 0 Å². The quantitative estimate of drug-likeness (QED) is 0.845. The van der Waals surface area contributed by atoms with Crippen LogP contribution in [0.1, 0.15) is 51.9 Å². The summed E-state index contributed by atoms with van der Waals surface area (Å²) in [5, 5.41) is 0. The Morgan fingerprint density at radius 2 is 1.86 bits per heavy atom. The summed E-state index contributed by atoms with van der Waals surface area (Å²) in [5.74, 6) is 0.954. The molecule has 1 heterocycles. The van der Waals surface area contributed by atoms with Crippen molar-refractivity contribution in [1.82, 2.24) is 9.80 Å². The zero-order chi connectivity index (χ0) is 15.2. The van der Waals surface area contributed by atoms with Crippen LogP contribution in [0.25, 0.3) is 0 Å². The van der Waals surface area contributed by atoms with Gasteiger partial charge in [0.2, 0.25) is 5.91 Å². The Morgan fingerprint density at radius 3 is 2.48 bits per heavy atom. The average Bonchev–Trinajstić information content (AvgIpc) is 2.54. The summed E-state index contributed by atoms with van der Waals surface area (Å²) in [7, 11) is 2.02. The van der Waals surface area contributed by atoms with Crippen LogP contribution in [0.4, 0.5) is 0 Å². The lowest BCUT2D eigenvalue weighted by molar-refractivity contribution is -0.140. The lowest BCUT2D eigenvalue weighted by atomic mass is 9.78. The second kappa shape index (κ2) is 8.14. The summed E-state index contributed by atoms with van der Waals surface area (Å²) in [6.45, 7) is 6.38. The van der Waals surface area contributed by atoms with Gasteiger partial charge in [0.15, 0.2) is 0 Å². The fraction of sp³-hybridized carbons (Fsp3) is 0.941. The van der Waals surface area contributed by atoms with Crippen molar-refractivity contribution in [3.63, 3.8) is 0 Å². The van der Waals surface area contributed by atoms with Gasteiger partial charge < -0.3 is 15.5 Å². The second-order valence-corrected chi connectivity index (χ2v) is 6.91. The van der Waals surface area contributed by atoms with E-state index in [-0.39, 0.29) is 5.92 Å². The molecule has 0 bridgehead atoms. The lowest BCUT2D eigenvalue weighted by Crippen LogP contribution is -2.49. The van der Waals surface area contributed by atoms with E-state index in [0.717, 1.165) is 38.8 Å². The molecular formula is C17H33N3O. The fourth-order valence-electron chi connectivity index (χ4n) is 4.10.